The van der Waals surface area contributed by atoms with Crippen LogP contribution in [0.5, 0.6) is 0 Å². The molecule has 0 spiro atoms. The molecule has 1 saturated heterocycles. The molecule has 1 fully saturated rings. The van der Waals surface area contributed by atoms with Crippen molar-refractivity contribution in [2.45, 2.75) is 19.4 Å². The molecule has 0 unspecified atom stereocenters. The van der Waals surface area contributed by atoms with Crippen LogP contribution >= 0.6 is 0 Å². The molecule has 1 aliphatic heterocycles. The van der Waals surface area contributed by atoms with E-state index in [-0.39, 0.29) is 0 Å². The number of hydrogen-bond donors (Lipinski definition) is 0. The number of nitrogens with zero attached hydrogens (tertiary/aromatic N) is 5. The fourth-order valence-electron chi connectivity index (χ4n) is 4.40. The van der Waals surface area contributed by atoms with Gasteiger partial charge in [-0.2, -0.15) is 5.26 Å². The summed E-state index contributed by atoms with van der Waals surface area (Å²) in [5.41, 5.74) is 4.40. The maximum Gasteiger partial charge on any atom is 0.227 e. The van der Waals surface area contributed by atoms with Crippen LogP contribution in [0.25, 0.3) is 33.4 Å². The third-order valence-corrected chi connectivity index (χ3v) is 5.92. The van der Waals surface area contributed by atoms with Gasteiger partial charge in [-0.05, 0) is 45.1 Å². The number of rotatable bonds is 3. The molecular formula is C22H21N5O2. The van der Waals surface area contributed by atoms with E-state index in [0.717, 1.165) is 47.1 Å². The van der Waals surface area contributed by atoms with Gasteiger partial charge in [-0.25, -0.2) is 4.98 Å². The first-order valence-corrected chi connectivity index (χ1v) is 9.66. The Bertz CT molecular complexity index is 1250. The van der Waals surface area contributed by atoms with Crippen LogP contribution in [0.2, 0.25) is 0 Å². The third-order valence-electron chi connectivity index (χ3n) is 5.92. The highest BCUT2D eigenvalue weighted by Crippen LogP contribution is 2.47. The Balaban J connectivity index is 1.90. The Morgan fingerprint density at radius 2 is 2.14 bits per heavy atom. The molecule has 0 radical (unpaired) electrons. The van der Waals surface area contributed by atoms with Crippen molar-refractivity contribution >= 4 is 27.8 Å². The van der Waals surface area contributed by atoms with Crippen molar-refractivity contribution < 1.29 is 8.94 Å². The van der Waals surface area contributed by atoms with Crippen LogP contribution < -0.4 is 4.90 Å². The molecule has 7 heteroatoms. The van der Waals surface area contributed by atoms with Gasteiger partial charge < -0.3 is 18.7 Å². The first-order chi connectivity index (χ1) is 14.1. The van der Waals surface area contributed by atoms with E-state index in [2.05, 4.69) is 40.1 Å². The van der Waals surface area contributed by atoms with Gasteiger partial charge in [0.05, 0.1) is 28.2 Å². The zero-order valence-electron chi connectivity index (χ0n) is 16.6. The quantitative estimate of drug-likeness (QED) is 0.526. The number of pyridine rings is 1. The van der Waals surface area contributed by atoms with Crippen LogP contribution in [-0.2, 0) is 0 Å². The van der Waals surface area contributed by atoms with Gasteiger partial charge in [0.25, 0.3) is 0 Å². The SMILES string of the molecule is Cc1c(-c2ccno2)c(N2CC[C@H](N(C)C)C2)c2c(oc3ncccc32)c1C#N. The lowest BCUT2D eigenvalue weighted by molar-refractivity contribution is 0.315. The van der Waals surface area contributed by atoms with Crippen LogP contribution in [-0.4, -0.2) is 48.3 Å². The lowest BCUT2D eigenvalue weighted by atomic mass is 9.94. The van der Waals surface area contributed by atoms with Crippen LogP contribution in [0.3, 0.4) is 0 Å². The average molecular weight is 387 g/mol. The molecule has 0 bridgehead atoms. The molecule has 0 amide bonds. The fraction of sp³-hybridized carbons (Fsp3) is 0.318. The monoisotopic (exact) mass is 387 g/mol. The van der Waals surface area contributed by atoms with Crippen molar-refractivity contribution in [3.63, 3.8) is 0 Å². The van der Waals surface area contributed by atoms with E-state index in [1.807, 2.05) is 25.1 Å². The Kier molecular flexibility index (Phi) is 4.03. The minimum absolute atomic E-state index is 0.458. The normalized spacial score (nSPS) is 16.9. The largest absolute Gasteiger partial charge is 0.436 e. The van der Waals surface area contributed by atoms with E-state index in [1.165, 1.54) is 0 Å². The van der Waals surface area contributed by atoms with Crippen LogP contribution in [0.15, 0.2) is 39.5 Å². The van der Waals surface area contributed by atoms with Gasteiger partial charge in [0.2, 0.25) is 5.71 Å². The molecule has 5 rings (SSSR count). The molecule has 29 heavy (non-hydrogen) atoms. The van der Waals surface area contributed by atoms with Gasteiger partial charge in [-0.15, -0.1) is 0 Å². The van der Waals surface area contributed by atoms with Crippen LogP contribution in [0.4, 0.5) is 5.69 Å². The predicted molar refractivity (Wildman–Crippen MR) is 111 cm³/mol. The Morgan fingerprint density at radius 1 is 1.28 bits per heavy atom. The van der Waals surface area contributed by atoms with Gasteiger partial charge in [0.15, 0.2) is 11.3 Å². The lowest BCUT2D eigenvalue weighted by Gasteiger charge is -2.25. The molecule has 1 aromatic carbocycles. The van der Waals surface area contributed by atoms with Gasteiger partial charge in [0.1, 0.15) is 6.07 Å². The number of nitriles is 1. The predicted octanol–water partition coefficient (Wildman–Crippen LogP) is 3.96. The van der Waals surface area contributed by atoms with E-state index in [4.69, 9.17) is 8.94 Å². The van der Waals surface area contributed by atoms with Crippen LogP contribution in [0, 0.1) is 18.3 Å². The maximum absolute atomic E-state index is 9.94. The molecule has 1 atom stereocenters. The molecule has 4 aromatic rings. The smallest absolute Gasteiger partial charge is 0.227 e. The van der Waals surface area contributed by atoms with Gasteiger partial charge in [-0.1, -0.05) is 5.16 Å². The van der Waals surface area contributed by atoms with E-state index >= 15 is 0 Å². The number of benzene rings is 1. The van der Waals surface area contributed by atoms with Crippen LogP contribution in [0.1, 0.15) is 17.5 Å². The molecule has 1 aliphatic rings. The molecule has 3 aromatic heterocycles. The highest BCUT2D eigenvalue weighted by Gasteiger charge is 2.32. The van der Waals surface area contributed by atoms with E-state index < -0.39 is 0 Å². The van der Waals surface area contributed by atoms with E-state index in [0.29, 0.717) is 28.7 Å². The lowest BCUT2D eigenvalue weighted by Crippen LogP contribution is -2.31. The summed E-state index contributed by atoms with van der Waals surface area (Å²) in [6.45, 7) is 3.75. The number of furan rings is 1. The van der Waals surface area contributed by atoms with Gasteiger partial charge in [-0.3, -0.25) is 0 Å². The van der Waals surface area contributed by atoms with E-state index in [9.17, 15) is 5.26 Å². The molecule has 0 saturated carbocycles. The number of hydrogen-bond acceptors (Lipinski definition) is 7. The minimum Gasteiger partial charge on any atom is -0.436 e. The summed E-state index contributed by atoms with van der Waals surface area (Å²) in [5.74, 6) is 0.655. The highest BCUT2D eigenvalue weighted by atomic mass is 16.5. The molecule has 7 nitrogen and oxygen atoms in total. The standard InChI is InChI=1S/C22H21N5O2/c1-13-16(11-23)21-19(15-5-4-8-24-22(15)28-21)20(18(13)17-6-9-25-29-17)27-10-7-14(12-27)26(2)3/h4-6,8-9,14H,7,10,12H2,1-3H3/t14-/m0/s1. The summed E-state index contributed by atoms with van der Waals surface area (Å²) in [4.78, 5) is 9.02. The summed E-state index contributed by atoms with van der Waals surface area (Å²) < 4.78 is 11.7. The second kappa shape index (κ2) is 6.61. The first-order valence-electron chi connectivity index (χ1n) is 9.66. The Morgan fingerprint density at radius 3 is 2.83 bits per heavy atom. The molecule has 0 aliphatic carbocycles. The van der Waals surface area contributed by atoms with Crippen molar-refractivity contribution in [2.75, 3.05) is 32.1 Å². The molecule has 146 valence electrons. The Labute approximate surface area is 168 Å². The molecule has 0 N–H and O–H groups in total. The second-order valence-electron chi connectivity index (χ2n) is 7.73. The van der Waals surface area contributed by atoms with Gasteiger partial charge in [0, 0.05) is 37.0 Å². The number of aromatic nitrogens is 2. The zero-order valence-corrected chi connectivity index (χ0v) is 16.6. The fourth-order valence-corrected chi connectivity index (χ4v) is 4.40. The highest BCUT2D eigenvalue weighted by molar-refractivity contribution is 6.16. The number of likely N-dealkylation sites (N-methyl/N-ethyl adjacent to an activating group) is 1. The van der Waals surface area contributed by atoms with E-state index in [1.54, 1.807) is 12.4 Å². The third kappa shape index (κ3) is 2.60. The summed E-state index contributed by atoms with van der Waals surface area (Å²) in [7, 11) is 4.23. The summed E-state index contributed by atoms with van der Waals surface area (Å²) in [6.07, 6.45) is 4.41. The van der Waals surface area contributed by atoms with Gasteiger partial charge >= 0.3 is 0 Å². The summed E-state index contributed by atoms with van der Waals surface area (Å²) in [5, 5.41) is 15.7. The number of anilines is 1. The van der Waals surface area contributed by atoms with Crippen molar-refractivity contribution in [2.24, 2.45) is 0 Å². The van der Waals surface area contributed by atoms with Crippen molar-refractivity contribution in [3.8, 4) is 17.4 Å². The zero-order chi connectivity index (χ0) is 20.1. The summed E-state index contributed by atoms with van der Waals surface area (Å²) in [6, 6.07) is 8.53. The molecular weight excluding hydrogens is 366 g/mol. The molecule has 4 heterocycles. The minimum atomic E-state index is 0.458. The average Bonchev–Trinajstić information content (AvgIpc) is 3.46. The second-order valence-corrected chi connectivity index (χ2v) is 7.73. The maximum atomic E-state index is 9.94. The van der Waals surface area contributed by atoms with Crippen molar-refractivity contribution in [1.29, 1.82) is 5.26 Å². The Hall–Kier alpha value is -3.37. The summed E-state index contributed by atoms with van der Waals surface area (Å²) >= 11 is 0. The number of fused-ring (bicyclic) bond motifs is 3. The van der Waals surface area contributed by atoms with Crippen molar-refractivity contribution in [1.82, 2.24) is 15.0 Å². The first kappa shape index (κ1) is 17.7. The topological polar surface area (TPSA) is 82.3 Å². The van der Waals surface area contributed by atoms with Crippen molar-refractivity contribution in [3.05, 3.63) is 41.7 Å².